The van der Waals surface area contributed by atoms with Crippen LogP contribution in [0.4, 0.5) is 0 Å². The third-order valence-corrected chi connectivity index (χ3v) is 13.4. The van der Waals surface area contributed by atoms with Crippen LogP contribution in [0.25, 0.3) is 0 Å². The number of fused-ring (bicyclic) bond motifs is 5. The quantitative estimate of drug-likeness (QED) is 0.408. The zero-order chi connectivity index (χ0) is 27.7. The Bertz CT molecular complexity index is 1020. The van der Waals surface area contributed by atoms with Gasteiger partial charge in [0.1, 0.15) is 0 Å². The van der Waals surface area contributed by atoms with E-state index >= 15 is 0 Å². The van der Waals surface area contributed by atoms with Crippen LogP contribution in [-0.4, -0.2) is 36.0 Å². The Morgan fingerprint density at radius 2 is 1.70 bits per heavy atom. The summed E-state index contributed by atoms with van der Waals surface area (Å²) >= 11 is 0. The lowest BCUT2D eigenvalue weighted by molar-refractivity contribution is -0.324. The fraction of sp³-hybridized carbons (Fsp3) is 0.839. The number of carbonyl (C=O) groups is 3. The first-order chi connectivity index (χ1) is 17.3. The van der Waals surface area contributed by atoms with Gasteiger partial charge in [-0.25, -0.2) is 0 Å². The van der Waals surface area contributed by atoms with Crippen molar-refractivity contribution in [3.05, 3.63) is 11.6 Å². The molecule has 208 valence electrons. The third kappa shape index (κ3) is 3.05. The highest BCUT2D eigenvalue weighted by atomic mass is 16.5. The van der Waals surface area contributed by atoms with E-state index in [0.29, 0.717) is 25.7 Å². The Hall–Kier alpha value is -1.69. The SMILES string of the molecule is CC[C@@]12CC[C@@](C)(CCC(N)=O)[C@@]1(C)C[C@@H](OC)[C@@]1(CC)[C@@]2(CC)[C@H](C(=O)O)CC2=CC(=O)CC[C@@]21C. The lowest BCUT2D eigenvalue weighted by Gasteiger charge is -2.79. The molecule has 1 amide bonds. The van der Waals surface area contributed by atoms with Gasteiger partial charge in [0.25, 0.3) is 0 Å². The van der Waals surface area contributed by atoms with Gasteiger partial charge in [0.2, 0.25) is 5.91 Å². The Morgan fingerprint density at radius 1 is 1.05 bits per heavy atom. The van der Waals surface area contributed by atoms with Gasteiger partial charge in [-0.2, -0.15) is 0 Å². The van der Waals surface area contributed by atoms with Gasteiger partial charge >= 0.3 is 5.97 Å². The number of hydrogen-bond donors (Lipinski definition) is 2. The minimum Gasteiger partial charge on any atom is -0.481 e. The van der Waals surface area contributed by atoms with Crippen molar-refractivity contribution in [3.8, 4) is 0 Å². The summed E-state index contributed by atoms with van der Waals surface area (Å²) in [6.45, 7) is 13.7. The van der Waals surface area contributed by atoms with Gasteiger partial charge < -0.3 is 15.6 Å². The lowest BCUT2D eigenvalue weighted by Crippen LogP contribution is -2.77. The molecule has 0 aliphatic heterocycles. The van der Waals surface area contributed by atoms with Crippen LogP contribution in [0, 0.1) is 38.4 Å². The molecule has 4 rings (SSSR count). The highest BCUT2D eigenvalue weighted by Gasteiger charge is 2.83. The molecule has 0 bridgehead atoms. The molecule has 0 spiro atoms. The molecule has 0 aromatic carbocycles. The molecule has 0 radical (unpaired) electrons. The number of nitrogens with two attached hydrogens (primary N) is 1. The molecule has 0 unspecified atom stereocenters. The van der Waals surface area contributed by atoms with Crippen molar-refractivity contribution in [1.82, 2.24) is 0 Å². The summed E-state index contributed by atoms with van der Waals surface area (Å²) in [5.74, 6) is -1.51. The predicted molar refractivity (Wildman–Crippen MR) is 144 cm³/mol. The summed E-state index contributed by atoms with van der Waals surface area (Å²) in [7, 11) is 1.80. The van der Waals surface area contributed by atoms with Gasteiger partial charge in [0.05, 0.1) is 12.0 Å². The monoisotopic (exact) mass is 515 g/mol. The molecule has 4 aliphatic carbocycles. The number of primary amides is 1. The first kappa shape index (κ1) is 28.3. The second kappa shape index (κ2) is 8.93. The summed E-state index contributed by atoms with van der Waals surface area (Å²) in [4.78, 5) is 38.0. The molecular formula is C31H49NO5. The number of amides is 1. The first-order valence-corrected chi connectivity index (χ1v) is 14.5. The average molecular weight is 516 g/mol. The maximum Gasteiger partial charge on any atom is 0.307 e. The van der Waals surface area contributed by atoms with Crippen LogP contribution in [0.2, 0.25) is 0 Å². The predicted octanol–water partition coefficient (Wildman–Crippen LogP) is 6.07. The van der Waals surface area contributed by atoms with Gasteiger partial charge in [-0.15, -0.1) is 0 Å². The molecule has 4 aliphatic rings. The lowest BCUT2D eigenvalue weighted by atomic mass is 9.25. The summed E-state index contributed by atoms with van der Waals surface area (Å²) in [6, 6.07) is 0. The molecule has 0 heterocycles. The van der Waals surface area contributed by atoms with Gasteiger partial charge in [0.15, 0.2) is 5.78 Å². The molecule has 6 nitrogen and oxygen atoms in total. The van der Waals surface area contributed by atoms with Crippen molar-refractivity contribution in [3.63, 3.8) is 0 Å². The molecule has 37 heavy (non-hydrogen) atoms. The minimum absolute atomic E-state index is 0.117. The maximum atomic E-state index is 13.4. The van der Waals surface area contributed by atoms with Crippen LogP contribution in [0.1, 0.15) is 112 Å². The Morgan fingerprint density at radius 3 is 2.22 bits per heavy atom. The molecular weight excluding hydrogens is 466 g/mol. The van der Waals surface area contributed by atoms with E-state index in [1.165, 1.54) is 0 Å². The highest BCUT2D eigenvalue weighted by Crippen LogP contribution is 2.87. The second-order valence-corrected chi connectivity index (χ2v) is 13.4. The summed E-state index contributed by atoms with van der Waals surface area (Å²) in [6.07, 6.45) is 9.54. The Balaban J connectivity index is 2.11. The van der Waals surface area contributed by atoms with Crippen LogP contribution in [-0.2, 0) is 19.1 Å². The van der Waals surface area contributed by atoms with Crippen LogP contribution in [0.5, 0.6) is 0 Å². The van der Waals surface area contributed by atoms with Gasteiger partial charge in [-0.3, -0.25) is 14.4 Å². The second-order valence-electron chi connectivity index (χ2n) is 13.4. The Labute approximate surface area is 223 Å². The van der Waals surface area contributed by atoms with Gasteiger partial charge in [-0.05, 0) is 90.9 Å². The van der Waals surface area contributed by atoms with E-state index in [9.17, 15) is 19.5 Å². The third-order valence-electron chi connectivity index (χ3n) is 13.4. The number of aliphatic carboxylic acids is 1. The first-order valence-electron chi connectivity index (χ1n) is 14.5. The highest BCUT2D eigenvalue weighted by molar-refractivity contribution is 5.92. The number of carboxylic acids is 1. The summed E-state index contributed by atoms with van der Waals surface area (Å²) < 4.78 is 6.54. The van der Waals surface area contributed by atoms with Crippen molar-refractivity contribution >= 4 is 17.7 Å². The summed E-state index contributed by atoms with van der Waals surface area (Å²) in [5, 5.41) is 11.0. The van der Waals surface area contributed by atoms with Crippen molar-refractivity contribution < 1.29 is 24.2 Å². The van der Waals surface area contributed by atoms with E-state index in [0.717, 1.165) is 50.5 Å². The topological polar surface area (TPSA) is 107 Å². The molecule has 0 aromatic rings. The molecule has 0 aromatic heterocycles. The standard InChI is InChI=1S/C31H49NO5/c1-8-29-16-15-26(4,13-12-24(32)34)28(29,6)19-23(37-7)31(10-3)27(5)14-11-21(33)17-20(27)18-22(25(35)36)30(29,31)9-2/h17,22-23H,8-16,18-19H2,1-7H3,(H2,32,34)(H,35,36)/t22-,23+,26+,27-,28+,29+,30-,31+/m0/s1. The fourth-order valence-electron chi connectivity index (χ4n) is 11.8. The summed E-state index contributed by atoms with van der Waals surface area (Å²) in [5.41, 5.74) is 4.78. The van der Waals surface area contributed by atoms with Crippen LogP contribution < -0.4 is 5.73 Å². The smallest absolute Gasteiger partial charge is 0.307 e. The van der Waals surface area contributed by atoms with E-state index in [-0.39, 0.29) is 39.5 Å². The molecule has 8 atom stereocenters. The zero-order valence-corrected chi connectivity index (χ0v) is 24.2. The number of hydrogen-bond acceptors (Lipinski definition) is 4. The van der Waals surface area contributed by atoms with Crippen molar-refractivity contribution in [1.29, 1.82) is 0 Å². The Kier molecular flexibility index (Phi) is 6.83. The van der Waals surface area contributed by atoms with Crippen LogP contribution >= 0.6 is 0 Å². The van der Waals surface area contributed by atoms with E-state index in [2.05, 4.69) is 41.5 Å². The van der Waals surface area contributed by atoms with Crippen molar-refractivity contribution in [2.75, 3.05) is 7.11 Å². The molecule has 6 heteroatoms. The molecule has 3 saturated carbocycles. The number of carbonyl (C=O) groups excluding carboxylic acids is 2. The van der Waals surface area contributed by atoms with Crippen LogP contribution in [0.3, 0.4) is 0 Å². The average Bonchev–Trinajstić information content (AvgIpc) is 3.09. The molecule has 3 N–H and O–H groups in total. The normalized spacial score (nSPS) is 47.0. The van der Waals surface area contributed by atoms with Crippen molar-refractivity contribution in [2.45, 2.75) is 118 Å². The van der Waals surface area contributed by atoms with E-state index in [4.69, 9.17) is 10.5 Å². The van der Waals surface area contributed by atoms with Gasteiger partial charge in [0, 0.05) is 25.4 Å². The molecule has 3 fully saturated rings. The zero-order valence-electron chi connectivity index (χ0n) is 24.2. The number of methoxy groups -OCH3 is 1. The number of carboxylic acid groups (broad SMARTS) is 1. The van der Waals surface area contributed by atoms with E-state index in [1.54, 1.807) is 13.2 Å². The van der Waals surface area contributed by atoms with Gasteiger partial charge in [-0.1, -0.05) is 47.1 Å². The minimum atomic E-state index is -0.752. The van der Waals surface area contributed by atoms with Crippen molar-refractivity contribution in [2.24, 2.45) is 44.1 Å². The number of rotatable bonds is 8. The largest absolute Gasteiger partial charge is 0.481 e. The molecule has 0 saturated heterocycles. The maximum absolute atomic E-state index is 13.4. The fourth-order valence-corrected chi connectivity index (χ4v) is 11.8. The number of ketones is 1. The number of allylic oxidation sites excluding steroid dienone is 1. The number of ether oxygens (including phenoxy) is 1. The van der Waals surface area contributed by atoms with E-state index in [1.807, 2.05) is 0 Å². The van der Waals surface area contributed by atoms with Crippen LogP contribution in [0.15, 0.2) is 11.6 Å². The van der Waals surface area contributed by atoms with E-state index < -0.39 is 22.7 Å².